The molecule has 1 fully saturated rings. The molecule has 1 saturated heterocycles. The molecule has 7 nitrogen and oxygen atoms in total. The van der Waals surface area contributed by atoms with Gasteiger partial charge in [-0.25, -0.2) is 12.8 Å². The van der Waals surface area contributed by atoms with Crippen LogP contribution in [0.3, 0.4) is 0 Å². The van der Waals surface area contributed by atoms with Crippen molar-refractivity contribution in [1.82, 2.24) is 9.62 Å². The summed E-state index contributed by atoms with van der Waals surface area (Å²) >= 11 is 0. The number of aryl methyl sites for hydroxylation is 2. The number of halogens is 1. The minimum Gasteiger partial charge on any atom is -0.348 e. The summed E-state index contributed by atoms with van der Waals surface area (Å²) in [6.07, 6.45) is 2.65. The third kappa shape index (κ3) is 5.72. The maximum absolute atomic E-state index is 13.2. The van der Waals surface area contributed by atoms with Crippen LogP contribution in [-0.4, -0.2) is 43.7 Å². The van der Waals surface area contributed by atoms with Gasteiger partial charge in [0.25, 0.3) is 0 Å². The zero-order chi connectivity index (χ0) is 23.3. The standard InChI is InChI=1S/C23H28FN3O4S/c1-16-6-9-19(15-17(16)2)26-23(29)22(28)25-13-12-20-5-3-4-14-27(20)32(30,31)21-10-7-18(24)8-11-21/h6-11,15,20H,3-5,12-14H2,1-2H3,(H,25,28)(H,26,29)/t20-/m1/s1. The number of nitrogens with one attached hydrogen (secondary N) is 2. The van der Waals surface area contributed by atoms with Gasteiger partial charge in [-0.05, 0) is 80.6 Å². The highest BCUT2D eigenvalue weighted by Gasteiger charge is 2.33. The van der Waals surface area contributed by atoms with E-state index in [4.69, 9.17) is 0 Å². The molecular formula is C23H28FN3O4S. The fraction of sp³-hybridized carbons (Fsp3) is 0.391. The highest BCUT2D eigenvalue weighted by atomic mass is 32.2. The fourth-order valence-electron chi connectivity index (χ4n) is 3.76. The molecule has 0 aromatic heterocycles. The second-order valence-electron chi connectivity index (χ2n) is 8.02. The first-order valence-corrected chi connectivity index (χ1v) is 12.1. The molecule has 0 bridgehead atoms. The van der Waals surface area contributed by atoms with Gasteiger partial charge in [0.15, 0.2) is 0 Å². The molecular weight excluding hydrogens is 433 g/mol. The number of sulfonamides is 1. The van der Waals surface area contributed by atoms with Crippen molar-refractivity contribution in [2.75, 3.05) is 18.4 Å². The lowest BCUT2D eigenvalue weighted by molar-refractivity contribution is -0.136. The lowest BCUT2D eigenvalue weighted by Crippen LogP contribution is -2.45. The number of amides is 2. The topological polar surface area (TPSA) is 95.6 Å². The molecule has 0 radical (unpaired) electrons. The molecule has 172 valence electrons. The van der Waals surface area contributed by atoms with Crippen LogP contribution in [0.5, 0.6) is 0 Å². The van der Waals surface area contributed by atoms with Crippen molar-refractivity contribution >= 4 is 27.5 Å². The summed E-state index contributed by atoms with van der Waals surface area (Å²) in [7, 11) is -3.77. The molecule has 0 saturated carbocycles. The van der Waals surface area contributed by atoms with Crippen molar-refractivity contribution in [2.45, 2.75) is 50.5 Å². The molecule has 32 heavy (non-hydrogen) atoms. The van der Waals surface area contributed by atoms with Crippen LogP contribution in [0.15, 0.2) is 47.4 Å². The Morgan fingerprint density at radius 1 is 1.03 bits per heavy atom. The second-order valence-corrected chi connectivity index (χ2v) is 9.91. The Balaban J connectivity index is 1.57. The van der Waals surface area contributed by atoms with Crippen LogP contribution in [0.2, 0.25) is 0 Å². The van der Waals surface area contributed by atoms with Gasteiger partial charge in [-0.3, -0.25) is 9.59 Å². The van der Waals surface area contributed by atoms with E-state index < -0.39 is 27.7 Å². The predicted octanol–water partition coefficient (Wildman–Crippen LogP) is 3.13. The minimum absolute atomic E-state index is 0.0441. The molecule has 3 rings (SSSR count). The maximum atomic E-state index is 13.2. The first kappa shape index (κ1) is 23.9. The van der Waals surface area contributed by atoms with Crippen LogP contribution in [-0.2, 0) is 19.6 Å². The number of hydrogen-bond donors (Lipinski definition) is 2. The summed E-state index contributed by atoms with van der Waals surface area (Å²) in [4.78, 5) is 24.4. The average molecular weight is 462 g/mol. The van der Waals surface area contributed by atoms with Crippen molar-refractivity contribution in [3.05, 3.63) is 59.4 Å². The van der Waals surface area contributed by atoms with Crippen LogP contribution in [0.25, 0.3) is 0 Å². The van der Waals surface area contributed by atoms with E-state index in [-0.39, 0.29) is 17.5 Å². The Bertz CT molecular complexity index is 1090. The van der Waals surface area contributed by atoms with E-state index >= 15 is 0 Å². The largest absolute Gasteiger partial charge is 0.348 e. The lowest BCUT2D eigenvalue weighted by Gasteiger charge is -2.34. The van der Waals surface area contributed by atoms with Crippen LogP contribution in [0.1, 0.15) is 36.8 Å². The zero-order valence-corrected chi connectivity index (χ0v) is 19.0. The lowest BCUT2D eigenvalue weighted by atomic mass is 10.0. The average Bonchev–Trinajstić information content (AvgIpc) is 2.76. The van der Waals surface area contributed by atoms with E-state index in [0.717, 1.165) is 36.1 Å². The summed E-state index contributed by atoms with van der Waals surface area (Å²) in [6, 6.07) is 9.85. The van der Waals surface area contributed by atoms with Gasteiger partial charge in [-0.2, -0.15) is 4.31 Å². The molecule has 2 aromatic carbocycles. The maximum Gasteiger partial charge on any atom is 0.313 e. The van der Waals surface area contributed by atoms with Crippen molar-refractivity contribution in [3.63, 3.8) is 0 Å². The van der Waals surface area contributed by atoms with E-state index in [9.17, 15) is 22.4 Å². The molecule has 2 aromatic rings. The van der Waals surface area contributed by atoms with Gasteiger partial charge in [0.2, 0.25) is 10.0 Å². The van der Waals surface area contributed by atoms with Gasteiger partial charge in [0.05, 0.1) is 4.90 Å². The van der Waals surface area contributed by atoms with Crippen LogP contribution >= 0.6 is 0 Å². The molecule has 9 heteroatoms. The molecule has 1 atom stereocenters. The summed E-state index contributed by atoms with van der Waals surface area (Å²) in [5, 5.41) is 5.14. The number of carbonyl (C=O) groups is 2. The van der Waals surface area contributed by atoms with Crippen molar-refractivity contribution in [1.29, 1.82) is 0 Å². The minimum atomic E-state index is -3.77. The first-order valence-electron chi connectivity index (χ1n) is 10.6. The molecule has 1 aliphatic rings. The van der Waals surface area contributed by atoms with E-state index in [2.05, 4.69) is 10.6 Å². The van der Waals surface area contributed by atoms with E-state index in [0.29, 0.717) is 25.1 Å². The van der Waals surface area contributed by atoms with Crippen molar-refractivity contribution in [3.8, 4) is 0 Å². The normalized spacial score (nSPS) is 17.0. The Hall–Kier alpha value is -2.78. The Morgan fingerprint density at radius 3 is 2.44 bits per heavy atom. The van der Waals surface area contributed by atoms with E-state index in [1.165, 1.54) is 16.4 Å². The Morgan fingerprint density at radius 2 is 1.75 bits per heavy atom. The van der Waals surface area contributed by atoms with Gasteiger partial charge in [-0.1, -0.05) is 12.5 Å². The third-order valence-corrected chi connectivity index (χ3v) is 7.69. The Kier molecular flexibility index (Phi) is 7.63. The summed E-state index contributed by atoms with van der Waals surface area (Å²) in [5.74, 6) is -2.04. The third-order valence-electron chi connectivity index (χ3n) is 5.73. The van der Waals surface area contributed by atoms with Crippen molar-refractivity contribution in [2.24, 2.45) is 0 Å². The van der Waals surface area contributed by atoms with Crippen LogP contribution < -0.4 is 10.6 Å². The summed E-state index contributed by atoms with van der Waals surface area (Å²) < 4.78 is 40.7. The van der Waals surface area contributed by atoms with Crippen LogP contribution in [0, 0.1) is 19.7 Å². The fourth-order valence-corrected chi connectivity index (χ4v) is 5.48. The number of anilines is 1. The first-order chi connectivity index (χ1) is 15.2. The number of carbonyl (C=O) groups excluding carboxylic acids is 2. The second kappa shape index (κ2) is 10.2. The van der Waals surface area contributed by atoms with E-state index in [1.54, 1.807) is 12.1 Å². The molecule has 2 N–H and O–H groups in total. The number of nitrogens with zero attached hydrogens (tertiary/aromatic N) is 1. The van der Waals surface area contributed by atoms with Gasteiger partial charge >= 0.3 is 11.8 Å². The number of piperidine rings is 1. The predicted molar refractivity (Wildman–Crippen MR) is 120 cm³/mol. The quantitative estimate of drug-likeness (QED) is 0.646. The number of hydrogen-bond acceptors (Lipinski definition) is 4. The summed E-state index contributed by atoms with van der Waals surface area (Å²) in [5.41, 5.74) is 2.63. The van der Waals surface area contributed by atoms with Gasteiger partial charge < -0.3 is 10.6 Å². The van der Waals surface area contributed by atoms with Gasteiger partial charge in [-0.15, -0.1) is 0 Å². The molecule has 0 unspecified atom stereocenters. The van der Waals surface area contributed by atoms with Gasteiger partial charge in [0.1, 0.15) is 5.82 Å². The number of benzene rings is 2. The molecule has 0 spiro atoms. The molecule has 0 aliphatic carbocycles. The zero-order valence-electron chi connectivity index (χ0n) is 18.2. The van der Waals surface area contributed by atoms with Crippen LogP contribution in [0.4, 0.5) is 10.1 Å². The van der Waals surface area contributed by atoms with Gasteiger partial charge in [0, 0.05) is 24.8 Å². The smallest absolute Gasteiger partial charge is 0.313 e. The number of rotatable bonds is 6. The molecule has 1 aliphatic heterocycles. The molecule has 2 amide bonds. The highest BCUT2D eigenvalue weighted by Crippen LogP contribution is 2.27. The SMILES string of the molecule is Cc1ccc(NC(=O)C(=O)NCC[C@H]2CCCCN2S(=O)(=O)c2ccc(F)cc2)cc1C. The van der Waals surface area contributed by atoms with Crippen molar-refractivity contribution < 1.29 is 22.4 Å². The molecule has 1 heterocycles. The highest BCUT2D eigenvalue weighted by molar-refractivity contribution is 7.89. The monoisotopic (exact) mass is 461 g/mol. The van der Waals surface area contributed by atoms with E-state index in [1.807, 2.05) is 19.9 Å². The summed E-state index contributed by atoms with van der Waals surface area (Å²) in [6.45, 7) is 4.41. The Labute approximate surface area is 188 Å².